The van der Waals surface area contributed by atoms with Crippen molar-refractivity contribution in [2.24, 2.45) is 5.92 Å². The number of hydrogen-bond acceptors (Lipinski definition) is 3. The minimum Gasteiger partial charge on any atom is -0.361 e. The quantitative estimate of drug-likeness (QED) is 0.462. The summed E-state index contributed by atoms with van der Waals surface area (Å²) in [6.07, 6.45) is 0.988. The van der Waals surface area contributed by atoms with Gasteiger partial charge < -0.3 is 10.6 Å². The smallest absolute Gasteiger partial charge is 0.257 e. The standard InChI is InChI=1S/C17H26N4O2S/c1-11(2)7-8-18-17(24)21-20-15(22)10-19-16(23)14-6-5-12(3)13(4)9-14/h5-6,9,11H,7-8,10H2,1-4H3,(H,19,23)(H,20,22)(H2,18,21,24). The van der Waals surface area contributed by atoms with Crippen molar-refractivity contribution in [1.29, 1.82) is 0 Å². The van der Waals surface area contributed by atoms with Crippen LogP contribution in [0.1, 0.15) is 41.8 Å². The molecule has 0 aliphatic carbocycles. The first-order chi connectivity index (χ1) is 11.3. The van der Waals surface area contributed by atoms with E-state index in [0.717, 1.165) is 24.1 Å². The molecule has 1 rings (SSSR count). The second-order valence-corrected chi connectivity index (χ2v) is 6.50. The van der Waals surface area contributed by atoms with Crippen molar-refractivity contribution in [1.82, 2.24) is 21.5 Å². The molecule has 7 heteroatoms. The third-order valence-electron chi connectivity index (χ3n) is 3.50. The van der Waals surface area contributed by atoms with Crippen LogP contribution in [0.15, 0.2) is 18.2 Å². The molecule has 0 aromatic heterocycles. The fraction of sp³-hybridized carbons (Fsp3) is 0.471. The molecule has 0 unspecified atom stereocenters. The van der Waals surface area contributed by atoms with Crippen LogP contribution >= 0.6 is 12.2 Å². The van der Waals surface area contributed by atoms with Crippen LogP contribution in [-0.2, 0) is 4.79 Å². The minimum atomic E-state index is -0.375. The molecule has 0 saturated carbocycles. The number of benzene rings is 1. The van der Waals surface area contributed by atoms with Crippen molar-refractivity contribution in [2.45, 2.75) is 34.1 Å². The SMILES string of the molecule is Cc1ccc(C(=O)NCC(=O)NNC(=S)NCCC(C)C)cc1C. The van der Waals surface area contributed by atoms with Gasteiger partial charge in [-0.15, -0.1) is 0 Å². The number of nitrogens with one attached hydrogen (secondary N) is 4. The van der Waals surface area contributed by atoms with Crippen molar-refractivity contribution >= 4 is 29.1 Å². The summed E-state index contributed by atoms with van der Waals surface area (Å²) in [7, 11) is 0. The van der Waals surface area contributed by atoms with Crippen LogP contribution in [0.25, 0.3) is 0 Å². The molecule has 0 aliphatic heterocycles. The van der Waals surface area contributed by atoms with Gasteiger partial charge in [0.15, 0.2) is 5.11 Å². The lowest BCUT2D eigenvalue weighted by Crippen LogP contribution is -2.49. The van der Waals surface area contributed by atoms with Gasteiger partial charge in [-0.1, -0.05) is 19.9 Å². The van der Waals surface area contributed by atoms with Crippen LogP contribution in [0.4, 0.5) is 0 Å². The van der Waals surface area contributed by atoms with Crippen molar-refractivity contribution < 1.29 is 9.59 Å². The van der Waals surface area contributed by atoms with E-state index in [1.807, 2.05) is 19.9 Å². The van der Waals surface area contributed by atoms with Gasteiger partial charge in [0.25, 0.3) is 11.8 Å². The molecule has 6 nitrogen and oxygen atoms in total. The maximum atomic E-state index is 12.0. The van der Waals surface area contributed by atoms with Gasteiger partial charge in [-0.05, 0) is 61.7 Å². The summed E-state index contributed by atoms with van der Waals surface area (Å²) >= 11 is 5.04. The van der Waals surface area contributed by atoms with E-state index >= 15 is 0 Å². The summed E-state index contributed by atoms with van der Waals surface area (Å²) in [6, 6.07) is 5.42. The number of hydrogen-bond donors (Lipinski definition) is 4. The summed E-state index contributed by atoms with van der Waals surface area (Å²) in [5.74, 6) is -0.0819. The Morgan fingerprint density at radius 3 is 2.42 bits per heavy atom. The van der Waals surface area contributed by atoms with Crippen molar-refractivity contribution in [3.63, 3.8) is 0 Å². The van der Waals surface area contributed by atoms with Gasteiger partial charge in [0.2, 0.25) is 0 Å². The number of hydrazine groups is 1. The van der Waals surface area contributed by atoms with Crippen LogP contribution in [0, 0.1) is 19.8 Å². The number of amides is 2. The molecular formula is C17H26N4O2S. The van der Waals surface area contributed by atoms with E-state index in [1.165, 1.54) is 0 Å². The Morgan fingerprint density at radius 1 is 1.08 bits per heavy atom. The number of thiocarbonyl (C=S) groups is 1. The van der Waals surface area contributed by atoms with Gasteiger partial charge >= 0.3 is 0 Å². The third-order valence-corrected chi connectivity index (χ3v) is 3.75. The number of carbonyl (C=O) groups excluding carboxylic acids is 2. The summed E-state index contributed by atoms with van der Waals surface area (Å²) in [4.78, 5) is 23.7. The Labute approximate surface area is 148 Å². The molecule has 0 atom stereocenters. The van der Waals surface area contributed by atoms with Crippen molar-refractivity contribution in [2.75, 3.05) is 13.1 Å². The van der Waals surface area contributed by atoms with Gasteiger partial charge in [0.1, 0.15) is 0 Å². The van der Waals surface area contributed by atoms with Crippen molar-refractivity contribution in [3.05, 3.63) is 34.9 Å². The van der Waals surface area contributed by atoms with Gasteiger partial charge in [-0.25, -0.2) is 0 Å². The lowest BCUT2D eigenvalue weighted by Gasteiger charge is -2.13. The molecular weight excluding hydrogens is 324 g/mol. The first-order valence-corrected chi connectivity index (χ1v) is 8.38. The van der Waals surface area contributed by atoms with E-state index in [2.05, 4.69) is 35.3 Å². The summed E-state index contributed by atoms with van der Waals surface area (Å²) in [5, 5.41) is 5.91. The molecule has 1 aromatic carbocycles. The molecule has 2 amide bonds. The minimum absolute atomic E-state index is 0.132. The third kappa shape index (κ3) is 7.41. The monoisotopic (exact) mass is 350 g/mol. The molecule has 0 spiro atoms. The van der Waals surface area contributed by atoms with Crippen LogP contribution < -0.4 is 21.5 Å². The first kappa shape index (κ1) is 19.9. The van der Waals surface area contributed by atoms with Gasteiger partial charge in [-0.3, -0.25) is 20.4 Å². The van der Waals surface area contributed by atoms with Crippen molar-refractivity contribution in [3.8, 4) is 0 Å². The Bertz CT molecular complexity index is 602. The topological polar surface area (TPSA) is 82.3 Å². The van der Waals surface area contributed by atoms with E-state index in [9.17, 15) is 9.59 Å². The fourth-order valence-corrected chi connectivity index (χ4v) is 1.99. The van der Waals surface area contributed by atoms with Gasteiger partial charge in [-0.2, -0.15) is 0 Å². The summed E-state index contributed by atoms with van der Waals surface area (Å²) in [6.45, 7) is 8.77. The van der Waals surface area contributed by atoms with E-state index in [1.54, 1.807) is 12.1 Å². The highest BCUT2D eigenvalue weighted by Gasteiger charge is 2.09. The molecule has 132 valence electrons. The second kappa shape index (κ2) is 9.87. The normalized spacial score (nSPS) is 10.2. The fourth-order valence-electron chi connectivity index (χ4n) is 1.83. The highest BCUT2D eigenvalue weighted by molar-refractivity contribution is 7.80. The Hall–Kier alpha value is -2.15. The summed E-state index contributed by atoms with van der Waals surface area (Å²) < 4.78 is 0. The van der Waals surface area contributed by atoms with Gasteiger partial charge in [0.05, 0.1) is 6.54 Å². The Kier molecular flexibility index (Phi) is 8.18. The Morgan fingerprint density at radius 2 is 1.79 bits per heavy atom. The van der Waals surface area contributed by atoms with E-state index < -0.39 is 0 Å². The molecule has 0 aliphatic rings. The largest absolute Gasteiger partial charge is 0.361 e. The van der Waals surface area contributed by atoms with E-state index in [-0.39, 0.29) is 18.4 Å². The zero-order valence-electron chi connectivity index (χ0n) is 14.7. The molecule has 1 aromatic rings. The van der Waals surface area contributed by atoms with E-state index in [0.29, 0.717) is 16.6 Å². The van der Waals surface area contributed by atoms with Crippen LogP contribution in [0.3, 0.4) is 0 Å². The molecule has 0 fully saturated rings. The highest BCUT2D eigenvalue weighted by atomic mass is 32.1. The molecule has 24 heavy (non-hydrogen) atoms. The predicted molar refractivity (Wildman–Crippen MR) is 99.6 cm³/mol. The Balaban J connectivity index is 2.29. The average Bonchev–Trinajstić information content (AvgIpc) is 2.52. The first-order valence-electron chi connectivity index (χ1n) is 7.97. The van der Waals surface area contributed by atoms with Crippen LogP contribution in [0.2, 0.25) is 0 Å². The molecule has 4 N–H and O–H groups in total. The van der Waals surface area contributed by atoms with E-state index in [4.69, 9.17) is 12.2 Å². The molecule has 0 bridgehead atoms. The summed E-state index contributed by atoms with van der Waals surface area (Å²) in [5.41, 5.74) is 7.73. The van der Waals surface area contributed by atoms with Crippen LogP contribution in [-0.4, -0.2) is 30.0 Å². The predicted octanol–water partition coefficient (Wildman–Crippen LogP) is 1.57. The highest BCUT2D eigenvalue weighted by Crippen LogP contribution is 2.09. The maximum Gasteiger partial charge on any atom is 0.257 e. The lowest BCUT2D eigenvalue weighted by atomic mass is 10.1. The van der Waals surface area contributed by atoms with Crippen LogP contribution in [0.5, 0.6) is 0 Å². The number of aryl methyl sites for hydroxylation is 2. The average molecular weight is 350 g/mol. The second-order valence-electron chi connectivity index (χ2n) is 6.09. The number of rotatable bonds is 6. The zero-order chi connectivity index (χ0) is 18.1. The zero-order valence-corrected chi connectivity index (χ0v) is 15.5. The molecule has 0 radical (unpaired) electrons. The number of carbonyl (C=O) groups is 2. The van der Waals surface area contributed by atoms with Gasteiger partial charge in [0, 0.05) is 12.1 Å². The lowest BCUT2D eigenvalue weighted by molar-refractivity contribution is -0.120. The molecule has 0 saturated heterocycles. The maximum absolute atomic E-state index is 12.0. The molecule has 0 heterocycles.